The SMILES string of the molecule is COCCNc1ccnc(C(=O)NC(C)(C)C)c1. The van der Waals surface area contributed by atoms with E-state index in [0.717, 1.165) is 5.69 Å². The topological polar surface area (TPSA) is 63.2 Å². The number of hydrogen-bond donors (Lipinski definition) is 2. The van der Waals surface area contributed by atoms with E-state index in [-0.39, 0.29) is 11.4 Å². The predicted octanol–water partition coefficient (Wildman–Crippen LogP) is 1.67. The van der Waals surface area contributed by atoms with Gasteiger partial charge in [0.25, 0.3) is 5.91 Å². The van der Waals surface area contributed by atoms with Gasteiger partial charge in [0.15, 0.2) is 0 Å². The van der Waals surface area contributed by atoms with Gasteiger partial charge in [0.1, 0.15) is 5.69 Å². The van der Waals surface area contributed by atoms with Crippen molar-refractivity contribution in [1.82, 2.24) is 10.3 Å². The molecule has 1 amide bonds. The number of rotatable bonds is 5. The van der Waals surface area contributed by atoms with Crippen LogP contribution in [0.5, 0.6) is 0 Å². The van der Waals surface area contributed by atoms with Crippen LogP contribution in [0.4, 0.5) is 5.69 Å². The Bertz CT molecular complexity index is 399. The van der Waals surface area contributed by atoms with E-state index in [1.54, 1.807) is 19.4 Å². The summed E-state index contributed by atoms with van der Waals surface area (Å²) in [5.41, 5.74) is 1.01. The molecule has 0 unspecified atom stereocenters. The normalized spacial score (nSPS) is 11.1. The smallest absolute Gasteiger partial charge is 0.270 e. The van der Waals surface area contributed by atoms with Gasteiger partial charge in [-0.3, -0.25) is 9.78 Å². The van der Waals surface area contributed by atoms with Crippen molar-refractivity contribution in [1.29, 1.82) is 0 Å². The van der Waals surface area contributed by atoms with Crippen LogP contribution in [0.1, 0.15) is 31.3 Å². The summed E-state index contributed by atoms with van der Waals surface area (Å²) < 4.78 is 4.95. The molecule has 0 aromatic carbocycles. The van der Waals surface area contributed by atoms with E-state index in [2.05, 4.69) is 15.6 Å². The highest BCUT2D eigenvalue weighted by molar-refractivity contribution is 5.93. The van der Waals surface area contributed by atoms with Gasteiger partial charge in [0.2, 0.25) is 0 Å². The lowest BCUT2D eigenvalue weighted by Crippen LogP contribution is -2.40. The van der Waals surface area contributed by atoms with E-state index in [4.69, 9.17) is 4.74 Å². The number of anilines is 1. The molecular weight excluding hydrogens is 230 g/mol. The third kappa shape index (κ3) is 5.14. The number of carbonyl (C=O) groups is 1. The molecule has 1 rings (SSSR count). The van der Waals surface area contributed by atoms with E-state index < -0.39 is 0 Å². The molecule has 1 aromatic heterocycles. The molecule has 1 aromatic rings. The number of nitrogens with zero attached hydrogens (tertiary/aromatic N) is 1. The number of carbonyl (C=O) groups excluding carboxylic acids is 1. The summed E-state index contributed by atoms with van der Waals surface area (Å²) in [6, 6.07) is 3.56. The van der Waals surface area contributed by atoms with E-state index in [1.807, 2.05) is 26.8 Å². The zero-order chi connectivity index (χ0) is 13.6. The summed E-state index contributed by atoms with van der Waals surface area (Å²) in [5, 5.41) is 6.03. The minimum atomic E-state index is -0.266. The summed E-state index contributed by atoms with van der Waals surface area (Å²) in [7, 11) is 1.65. The lowest BCUT2D eigenvalue weighted by Gasteiger charge is -2.20. The maximum absolute atomic E-state index is 11.9. The molecule has 0 saturated carbocycles. The van der Waals surface area contributed by atoms with Crippen molar-refractivity contribution in [2.45, 2.75) is 26.3 Å². The number of aromatic nitrogens is 1. The minimum Gasteiger partial charge on any atom is -0.383 e. The highest BCUT2D eigenvalue weighted by Crippen LogP contribution is 2.09. The monoisotopic (exact) mass is 251 g/mol. The molecule has 1 heterocycles. The lowest BCUT2D eigenvalue weighted by atomic mass is 10.1. The second-order valence-corrected chi connectivity index (χ2v) is 5.05. The van der Waals surface area contributed by atoms with Crippen LogP contribution in [0.2, 0.25) is 0 Å². The Morgan fingerprint density at radius 2 is 2.17 bits per heavy atom. The molecule has 0 aliphatic heterocycles. The first kappa shape index (κ1) is 14.4. The van der Waals surface area contributed by atoms with E-state index >= 15 is 0 Å². The Kier molecular flexibility index (Phi) is 5.09. The molecule has 0 aliphatic rings. The third-order valence-electron chi connectivity index (χ3n) is 2.12. The first-order valence-corrected chi connectivity index (χ1v) is 5.94. The fourth-order valence-electron chi connectivity index (χ4n) is 1.37. The van der Waals surface area contributed by atoms with Crippen LogP contribution in [0.25, 0.3) is 0 Å². The van der Waals surface area contributed by atoms with Crippen molar-refractivity contribution in [2.24, 2.45) is 0 Å². The Morgan fingerprint density at radius 3 is 2.78 bits per heavy atom. The van der Waals surface area contributed by atoms with E-state index in [0.29, 0.717) is 18.8 Å². The Balaban J connectivity index is 2.66. The standard InChI is InChI=1S/C13H21N3O2/c1-13(2,3)16-12(17)11-9-10(5-6-15-11)14-7-8-18-4/h5-6,9H,7-8H2,1-4H3,(H,14,15)(H,16,17). The van der Waals surface area contributed by atoms with Crippen LogP contribution >= 0.6 is 0 Å². The maximum Gasteiger partial charge on any atom is 0.270 e. The summed E-state index contributed by atoms with van der Waals surface area (Å²) in [6.07, 6.45) is 1.62. The molecule has 0 spiro atoms. The first-order valence-electron chi connectivity index (χ1n) is 5.94. The number of hydrogen-bond acceptors (Lipinski definition) is 4. The van der Waals surface area contributed by atoms with Crippen LogP contribution < -0.4 is 10.6 Å². The molecule has 100 valence electrons. The molecule has 0 fully saturated rings. The van der Waals surface area contributed by atoms with Gasteiger partial charge in [-0.2, -0.15) is 0 Å². The van der Waals surface area contributed by atoms with E-state index in [1.165, 1.54) is 0 Å². The molecule has 0 atom stereocenters. The fraction of sp³-hybridized carbons (Fsp3) is 0.538. The molecule has 0 bridgehead atoms. The summed E-state index contributed by atoms with van der Waals surface area (Å²) in [6.45, 7) is 7.12. The summed E-state index contributed by atoms with van der Waals surface area (Å²) in [5.74, 6) is -0.169. The molecule has 5 nitrogen and oxygen atoms in total. The maximum atomic E-state index is 11.9. The highest BCUT2D eigenvalue weighted by atomic mass is 16.5. The second-order valence-electron chi connectivity index (χ2n) is 5.05. The fourth-order valence-corrected chi connectivity index (χ4v) is 1.37. The third-order valence-corrected chi connectivity index (χ3v) is 2.12. The number of ether oxygens (including phenoxy) is 1. The summed E-state index contributed by atoms with van der Waals surface area (Å²) >= 11 is 0. The quantitative estimate of drug-likeness (QED) is 0.781. The lowest BCUT2D eigenvalue weighted by molar-refractivity contribution is 0.0914. The average molecular weight is 251 g/mol. The molecule has 18 heavy (non-hydrogen) atoms. The van der Waals surface area contributed by atoms with Crippen LogP contribution in [-0.2, 0) is 4.74 Å². The van der Waals surface area contributed by atoms with Crippen LogP contribution in [0, 0.1) is 0 Å². The molecule has 0 radical (unpaired) electrons. The number of pyridine rings is 1. The van der Waals surface area contributed by atoms with Gasteiger partial charge in [-0.25, -0.2) is 0 Å². The minimum absolute atomic E-state index is 0.169. The molecule has 0 aliphatic carbocycles. The van der Waals surface area contributed by atoms with Crippen molar-refractivity contribution in [3.8, 4) is 0 Å². The van der Waals surface area contributed by atoms with Crippen molar-refractivity contribution < 1.29 is 9.53 Å². The zero-order valence-electron chi connectivity index (χ0n) is 11.4. The largest absolute Gasteiger partial charge is 0.383 e. The Hall–Kier alpha value is -1.62. The number of methoxy groups -OCH3 is 1. The van der Waals surface area contributed by atoms with Gasteiger partial charge >= 0.3 is 0 Å². The van der Waals surface area contributed by atoms with Gasteiger partial charge in [-0.1, -0.05) is 0 Å². The van der Waals surface area contributed by atoms with Gasteiger partial charge in [-0.15, -0.1) is 0 Å². The summed E-state index contributed by atoms with van der Waals surface area (Å²) in [4.78, 5) is 16.0. The number of nitrogens with one attached hydrogen (secondary N) is 2. The average Bonchev–Trinajstić information content (AvgIpc) is 2.27. The van der Waals surface area contributed by atoms with Gasteiger partial charge < -0.3 is 15.4 Å². The van der Waals surface area contributed by atoms with Crippen LogP contribution in [0.3, 0.4) is 0 Å². The highest BCUT2D eigenvalue weighted by Gasteiger charge is 2.16. The van der Waals surface area contributed by atoms with Crippen molar-refractivity contribution in [3.05, 3.63) is 24.0 Å². The van der Waals surface area contributed by atoms with Gasteiger partial charge in [0, 0.05) is 31.1 Å². The van der Waals surface area contributed by atoms with Crippen molar-refractivity contribution >= 4 is 11.6 Å². The number of amides is 1. The first-order chi connectivity index (χ1) is 8.42. The predicted molar refractivity (Wildman–Crippen MR) is 71.8 cm³/mol. The molecule has 0 saturated heterocycles. The van der Waals surface area contributed by atoms with Gasteiger partial charge in [-0.05, 0) is 32.9 Å². The van der Waals surface area contributed by atoms with E-state index in [9.17, 15) is 4.79 Å². The zero-order valence-corrected chi connectivity index (χ0v) is 11.4. The molecular formula is C13H21N3O2. The van der Waals surface area contributed by atoms with Crippen molar-refractivity contribution in [2.75, 3.05) is 25.6 Å². The Morgan fingerprint density at radius 1 is 1.44 bits per heavy atom. The Labute approximate surface area is 108 Å². The van der Waals surface area contributed by atoms with Crippen LogP contribution in [-0.4, -0.2) is 36.7 Å². The second kappa shape index (κ2) is 6.35. The molecule has 5 heteroatoms. The van der Waals surface area contributed by atoms with Crippen molar-refractivity contribution in [3.63, 3.8) is 0 Å². The molecule has 2 N–H and O–H groups in total. The van der Waals surface area contributed by atoms with Crippen LogP contribution in [0.15, 0.2) is 18.3 Å². The van der Waals surface area contributed by atoms with Gasteiger partial charge in [0.05, 0.1) is 6.61 Å².